The fraction of sp³-hybridized carbons (Fsp3) is 0.429. The molecule has 0 spiro atoms. The lowest BCUT2D eigenvalue weighted by molar-refractivity contribution is -0.147. The third-order valence-electron chi connectivity index (χ3n) is 3.12. The van der Waals surface area contributed by atoms with Gasteiger partial charge in [-0.25, -0.2) is 4.39 Å². The molecular formula is C14H16FNO3. The predicted molar refractivity (Wildman–Crippen MR) is 66.6 cm³/mol. The van der Waals surface area contributed by atoms with Gasteiger partial charge in [-0.05, 0) is 24.6 Å². The second kappa shape index (κ2) is 5.82. The van der Waals surface area contributed by atoms with Gasteiger partial charge in [0.15, 0.2) is 0 Å². The Morgan fingerprint density at radius 2 is 2.11 bits per heavy atom. The number of carbonyl (C=O) groups is 2. The van der Waals surface area contributed by atoms with Crippen LogP contribution in [0.1, 0.15) is 18.9 Å². The van der Waals surface area contributed by atoms with E-state index in [9.17, 15) is 14.0 Å². The molecule has 0 bridgehead atoms. The van der Waals surface area contributed by atoms with E-state index in [2.05, 4.69) is 0 Å². The molecule has 4 nitrogen and oxygen atoms in total. The van der Waals surface area contributed by atoms with Gasteiger partial charge in [-0.1, -0.05) is 12.1 Å². The molecule has 1 unspecified atom stereocenters. The third-order valence-corrected chi connectivity index (χ3v) is 3.12. The van der Waals surface area contributed by atoms with E-state index < -0.39 is 0 Å². The molecule has 1 heterocycles. The van der Waals surface area contributed by atoms with Crippen molar-refractivity contribution in [2.45, 2.75) is 19.9 Å². The van der Waals surface area contributed by atoms with Gasteiger partial charge in [0, 0.05) is 19.5 Å². The summed E-state index contributed by atoms with van der Waals surface area (Å²) in [4.78, 5) is 25.0. The Balaban J connectivity index is 1.96. The maximum atomic E-state index is 12.8. The van der Waals surface area contributed by atoms with Gasteiger partial charge >= 0.3 is 5.97 Å². The standard InChI is InChI=1S/C14H16FNO3/c1-2-19-14(18)11-7-13(17)16(9-11)8-10-3-5-12(15)6-4-10/h3-6,11H,2,7-9H2,1H3. The highest BCUT2D eigenvalue weighted by Crippen LogP contribution is 2.21. The fourth-order valence-electron chi connectivity index (χ4n) is 2.15. The smallest absolute Gasteiger partial charge is 0.311 e. The van der Waals surface area contributed by atoms with Crippen LogP contribution in [0.15, 0.2) is 24.3 Å². The number of carbonyl (C=O) groups excluding carboxylic acids is 2. The molecular weight excluding hydrogens is 249 g/mol. The molecule has 1 fully saturated rings. The van der Waals surface area contributed by atoms with Crippen LogP contribution in [-0.2, 0) is 20.9 Å². The Bertz CT molecular complexity index is 472. The quantitative estimate of drug-likeness (QED) is 0.779. The zero-order valence-electron chi connectivity index (χ0n) is 10.8. The summed E-state index contributed by atoms with van der Waals surface area (Å²) in [7, 11) is 0. The molecule has 5 heteroatoms. The molecule has 0 N–H and O–H groups in total. The highest BCUT2D eigenvalue weighted by atomic mass is 19.1. The monoisotopic (exact) mass is 265 g/mol. The van der Waals surface area contributed by atoms with Crippen molar-refractivity contribution in [2.24, 2.45) is 5.92 Å². The fourth-order valence-corrected chi connectivity index (χ4v) is 2.15. The number of esters is 1. The SMILES string of the molecule is CCOC(=O)C1CC(=O)N(Cc2ccc(F)cc2)C1. The molecule has 0 radical (unpaired) electrons. The molecule has 1 atom stereocenters. The van der Waals surface area contributed by atoms with Crippen LogP contribution < -0.4 is 0 Å². The topological polar surface area (TPSA) is 46.6 Å². The first-order chi connectivity index (χ1) is 9.10. The van der Waals surface area contributed by atoms with Crippen LogP contribution in [0, 0.1) is 11.7 Å². The minimum absolute atomic E-state index is 0.0672. The number of hydrogen-bond acceptors (Lipinski definition) is 3. The Kier molecular flexibility index (Phi) is 4.14. The Labute approximate surface area is 111 Å². The summed E-state index contributed by atoms with van der Waals surface area (Å²) < 4.78 is 17.7. The number of amides is 1. The third kappa shape index (κ3) is 3.30. The second-order valence-electron chi connectivity index (χ2n) is 4.55. The van der Waals surface area contributed by atoms with Crippen molar-refractivity contribution < 1.29 is 18.7 Å². The highest BCUT2D eigenvalue weighted by Gasteiger charge is 2.35. The van der Waals surface area contributed by atoms with E-state index >= 15 is 0 Å². The summed E-state index contributed by atoms with van der Waals surface area (Å²) in [6.07, 6.45) is 0.194. The van der Waals surface area contributed by atoms with Crippen LogP contribution in [0.25, 0.3) is 0 Å². The van der Waals surface area contributed by atoms with Crippen LogP contribution in [0.5, 0.6) is 0 Å². The molecule has 19 heavy (non-hydrogen) atoms. The molecule has 1 aromatic rings. The summed E-state index contributed by atoms with van der Waals surface area (Å²) in [6, 6.07) is 6.00. The maximum absolute atomic E-state index is 12.8. The zero-order chi connectivity index (χ0) is 13.8. The van der Waals surface area contributed by atoms with E-state index in [-0.39, 0.29) is 30.0 Å². The number of rotatable bonds is 4. The van der Waals surface area contributed by atoms with E-state index in [1.807, 2.05) is 0 Å². The van der Waals surface area contributed by atoms with Crippen LogP contribution in [0.4, 0.5) is 4.39 Å². The lowest BCUT2D eigenvalue weighted by Crippen LogP contribution is -2.26. The molecule has 1 aliphatic rings. The number of halogens is 1. The average molecular weight is 265 g/mol. The first-order valence-electron chi connectivity index (χ1n) is 6.29. The molecule has 1 saturated heterocycles. The van der Waals surface area contributed by atoms with E-state index in [1.54, 1.807) is 24.0 Å². The van der Waals surface area contributed by atoms with E-state index in [1.165, 1.54) is 12.1 Å². The maximum Gasteiger partial charge on any atom is 0.311 e. The lowest BCUT2D eigenvalue weighted by Gasteiger charge is -2.16. The first kappa shape index (κ1) is 13.5. The largest absolute Gasteiger partial charge is 0.466 e. The zero-order valence-corrected chi connectivity index (χ0v) is 10.8. The van der Waals surface area contributed by atoms with Crippen molar-refractivity contribution in [1.82, 2.24) is 4.90 Å². The van der Waals surface area contributed by atoms with Gasteiger partial charge in [0.2, 0.25) is 5.91 Å². The van der Waals surface area contributed by atoms with Gasteiger partial charge in [0.25, 0.3) is 0 Å². The van der Waals surface area contributed by atoms with Crippen LogP contribution in [-0.4, -0.2) is 29.9 Å². The minimum Gasteiger partial charge on any atom is -0.466 e. The van der Waals surface area contributed by atoms with Gasteiger partial charge in [0.1, 0.15) is 5.82 Å². The summed E-state index contributed by atoms with van der Waals surface area (Å²) in [6.45, 7) is 2.83. The molecule has 0 aliphatic carbocycles. The molecule has 1 aromatic carbocycles. The average Bonchev–Trinajstić information content (AvgIpc) is 2.74. The number of hydrogen-bond donors (Lipinski definition) is 0. The highest BCUT2D eigenvalue weighted by molar-refractivity contribution is 5.86. The van der Waals surface area contributed by atoms with Crippen molar-refractivity contribution in [1.29, 1.82) is 0 Å². The number of likely N-dealkylation sites (tertiary alicyclic amines) is 1. The van der Waals surface area contributed by atoms with E-state index in [4.69, 9.17) is 4.74 Å². The lowest BCUT2D eigenvalue weighted by atomic mass is 10.1. The van der Waals surface area contributed by atoms with E-state index in [0.29, 0.717) is 19.7 Å². The summed E-state index contributed by atoms with van der Waals surface area (Å²) >= 11 is 0. The molecule has 1 amide bonds. The summed E-state index contributed by atoms with van der Waals surface area (Å²) in [5.74, 6) is -1.08. The van der Waals surface area contributed by atoms with Crippen LogP contribution >= 0.6 is 0 Å². The summed E-state index contributed by atoms with van der Waals surface area (Å²) in [5.41, 5.74) is 0.847. The minimum atomic E-state index is -0.382. The number of ether oxygens (including phenoxy) is 1. The Morgan fingerprint density at radius 1 is 1.42 bits per heavy atom. The Hall–Kier alpha value is -1.91. The molecule has 102 valence electrons. The van der Waals surface area contributed by atoms with Gasteiger partial charge in [0.05, 0.1) is 12.5 Å². The van der Waals surface area contributed by atoms with Crippen molar-refractivity contribution in [2.75, 3.05) is 13.2 Å². The number of benzene rings is 1. The first-order valence-corrected chi connectivity index (χ1v) is 6.29. The van der Waals surface area contributed by atoms with Crippen molar-refractivity contribution in [3.05, 3.63) is 35.6 Å². The van der Waals surface area contributed by atoms with Crippen molar-refractivity contribution in [3.63, 3.8) is 0 Å². The van der Waals surface area contributed by atoms with Gasteiger partial charge < -0.3 is 9.64 Å². The van der Waals surface area contributed by atoms with Crippen molar-refractivity contribution in [3.8, 4) is 0 Å². The van der Waals surface area contributed by atoms with Gasteiger partial charge in [-0.15, -0.1) is 0 Å². The number of nitrogens with zero attached hydrogens (tertiary/aromatic N) is 1. The second-order valence-corrected chi connectivity index (χ2v) is 4.55. The Morgan fingerprint density at radius 3 is 2.74 bits per heavy atom. The van der Waals surface area contributed by atoms with Crippen molar-refractivity contribution >= 4 is 11.9 Å². The van der Waals surface area contributed by atoms with Gasteiger partial charge in [-0.3, -0.25) is 9.59 Å². The molecule has 2 rings (SSSR count). The predicted octanol–water partition coefficient (Wildman–Crippen LogP) is 1.74. The molecule has 1 aliphatic heterocycles. The van der Waals surface area contributed by atoms with Gasteiger partial charge in [-0.2, -0.15) is 0 Å². The molecule has 0 aromatic heterocycles. The summed E-state index contributed by atoms with van der Waals surface area (Å²) in [5, 5.41) is 0. The molecule has 0 saturated carbocycles. The van der Waals surface area contributed by atoms with Crippen LogP contribution in [0.3, 0.4) is 0 Å². The van der Waals surface area contributed by atoms with Crippen LogP contribution in [0.2, 0.25) is 0 Å². The normalized spacial score (nSPS) is 18.7. The van der Waals surface area contributed by atoms with E-state index in [0.717, 1.165) is 5.56 Å².